The lowest BCUT2D eigenvalue weighted by atomic mass is 9.77. The molecular weight excluding hydrogens is 246 g/mol. The van der Waals surface area contributed by atoms with Crippen molar-refractivity contribution in [3.63, 3.8) is 0 Å². The molecule has 0 unspecified atom stereocenters. The van der Waals surface area contributed by atoms with Gasteiger partial charge in [0.25, 0.3) is 0 Å². The fourth-order valence-electron chi connectivity index (χ4n) is 3.61. The Balaban J connectivity index is 1.78. The number of benzene rings is 2. The van der Waals surface area contributed by atoms with E-state index in [1.54, 1.807) is 0 Å². The molecule has 0 spiro atoms. The number of nitrogens with one attached hydrogen (secondary N) is 1. The summed E-state index contributed by atoms with van der Waals surface area (Å²) in [7, 11) is 0. The largest absolute Gasteiger partial charge is 0.378 e. The molecule has 4 rings (SSSR count). The fraction of sp³-hybridized carbons (Fsp3) is 0.333. The minimum absolute atomic E-state index is 0.242. The van der Waals surface area contributed by atoms with Crippen molar-refractivity contribution in [1.29, 1.82) is 0 Å². The Morgan fingerprint density at radius 1 is 0.950 bits per heavy atom. The Hall–Kier alpha value is -1.80. The molecule has 2 heteroatoms. The highest BCUT2D eigenvalue weighted by Gasteiger charge is 2.39. The second kappa shape index (κ2) is 4.95. The molecule has 0 radical (unpaired) electrons. The molecule has 2 aliphatic rings. The zero-order valence-electron chi connectivity index (χ0n) is 11.5. The van der Waals surface area contributed by atoms with Gasteiger partial charge in [-0.3, -0.25) is 0 Å². The molecular formula is C18H19NO. The summed E-state index contributed by atoms with van der Waals surface area (Å²) in [4.78, 5) is 0. The van der Waals surface area contributed by atoms with E-state index in [0.29, 0.717) is 12.0 Å². The van der Waals surface area contributed by atoms with E-state index in [-0.39, 0.29) is 6.10 Å². The van der Waals surface area contributed by atoms with Crippen molar-refractivity contribution in [3.05, 3.63) is 65.7 Å². The Bertz CT molecular complexity index is 595. The molecule has 1 fully saturated rings. The van der Waals surface area contributed by atoms with Gasteiger partial charge in [0.1, 0.15) is 0 Å². The van der Waals surface area contributed by atoms with Gasteiger partial charge >= 0.3 is 0 Å². The van der Waals surface area contributed by atoms with Crippen LogP contribution < -0.4 is 5.32 Å². The average molecular weight is 265 g/mol. The average Bonchev–Trinajstić information content (AvgIpc) is 2.55. The molecule has 0 aromatic heterocycles. The Kier molecular flexibility index (Phi) is 2.96. The highest BCUT2D eigenvalue weighted by molar-refractivity contribution is 5.57. The molecule has 1 N–H and O–H groups in total. The summed E-state index contributed by atoms with van der Waals surface area (Å²) in [6.45, 7) is 0.886. The SMILES string of the molecule is c1ccc([C@@H]2Nc3ccccc3[C@@H]3OCCC[C@H]23)cc1. The van der Waals surface area contributed by atoms with Crippen LogP contribution in [0.4, 0.5) is 5.69 Å². The molecule has 2 nitrogen and oxygen atoms in total. The van der Waals surface area contributed by atoms with E-state index in [0.717, 1.165) is 13.0 Å². The first-order chi connectivity index (χ1) is 9.93. The lowest BCUT2D eigenvalue weighted by Gasteiger charge is -2.43. The molecule has 0 aliphatic carbocycles. The molecule has 2 aromatic rings. The van der Waals surface area contributed by atoms with Gasteiger partial charge in [-0.1, -0.05) is 48.5 Å². The zero-order valence-corrected chi connectivity index (χ0v) is 11.5. The van der Waals surface area contributed by atoms with Gasteiger partial charge in [-0.05, 0) is 24.5 Å². The predicted octanol–water partition coefficient (Wildman–Crippen LogP) is 4.32. The highest BCUT2D eigenvalue weighted by Crippen LogP contribution is 2.48. The minimum atomic E-state index is 0.242. The van der Waals surface area contributed by atoms with Gasteiger partial charge in [0.15, 0.2) is 0 Å². The van der Waals surface area contributed by atoms with E-state index in [4.69, 9.17) is 4.74 Å². The normalized spacial score (nSPS) is 28.1. The van der Waals surface area contributed by atoms with Gasteiger partial charge in [-0.2, -0.15) is 0 Å². The standard InChI is InChI=1S/C18H19NO/c1-2-7-13(8-3-1)17-15-10-6-12-20-18(15)14-9-4-5-11-16(14)19-17/h1-5,7-9,11,15,17-19H,6,10,12H2/t15-,17+,18+/m1/s1. The molecule has 2 aliphatic heterocycles. The number of para-hydroxylation sites is 1. The highest BCUT2D eigenvalue weighted by atomic mass is 16.5. The molecule has 102 valence electrons. The van der Waals surface area contributed by atoms with E-state index in [2.05, 4.69) is 59.9 Å². The lowest BCUT2D eigenvalue weighted by Crippen LogP contribution is -2.35. The van der Waals surface area contributed by atoms with E-state index in [1.807, 2.05) is 0 Å². The van der Waals surface area contributed by atoms with Crippen molar-refractivity contribution in [3.8, 4) is 0 Å². The van der Waals surface area contributed by atoms with Crippen LogP contribution in [0, 0.1) is 5.92 Å². The minimum Gasteiger partial charge on any atom is -0.378 e. The third-order valence-electron chi connectivity index (χ3n) is 4.53. The number of hydrogen-bond acceptors (Lipinski definition) is 2. The zero-order chi connectivity index (χ0) is 13.4. The molecule has 20 heavy (non-hydrogen) atoms. The Morgan fingerprint density at radius 2 is 1.75 bits per heavy atom. The second-order valence-corrected chi connectivity index (χ2v) is 5.72. The summed E-state index contributed by atoms with van der Waals surface area (Å²) < 4.78 is 6.12. The van der Waals surface area contributed by atoms with Gasteiger partial charge in [0, 0.05) is 23.8 Å². The van der Waals surface area contributed by atoms with Crippen LogP contribution in [0.3, 0.4) is 0 Å². The Labute approximate surface area is 119 Å². The summed E-state index contributed by atoms with van der Waals surface area (Å²) >= 11 is 0. The quantitative estimate of drug-likeness (QED) is 0.829. The lowest BCUT2D eigenvalue weighted by molar-refractivity contribution is -0.0381. The van der Waals surface area contributed by atoms with Crippen LogP contribution in [0.2, 0.25) is 0 Å². The molecule has 3 atom stereocenters. The summed E-state index contributed by atoms with van der Waals surface area (Å²) in [5.74, 6) is 0.529. The number of rotatable bonds is 1. The van der Waals surface area contributed by atoms with Gasteiger partial charge in [0.05, 0.1) is 12.1 Å². The van der Waals surface area contributed by atoms with E-state index in [9.17, 15) is 0 Å². The van der Waals surface area contributed by atoms with Gasteiger partial charge < -0.3 is 10.1 Å². The maximum atomic E-state index is 6.12. The third kappa shape index (κ3) is 1.92. The molecule has 0 bridgehead atoms. The van der Waals surface area contributed by atoms with Gasteiger partial charge in [-0.15, -0.1) is 0 Å². The first-order valence-corrected chi connectivity index (χ1v) is 7.45. The maximum absolute atomic E-state index is 6.12. The van der Waals surface area contributed by atoms with Crippen molar-refractivity contribution in [2.45, 2.75) is 25.0 Å². The van der Waals surface area contributed by atoms with Crippen molar-refractivity contribution in [2.75, 3.05) is 11.9 Å². The number of fused-ring (bicyclic) bond motifs is 3. The van der Waals surface area contributed by atoms with Crippen molar-refractivity contribution in [1.82, 2.24) is 0 Å². The Morgan fingerprint density at radius 3 is 2.65 bits per heavy atom. The van der Waals surface area contributed by atoms with Crippen LogP contribution >= 0.6 is 0 Å². The first-order valence-electron chi connectivity index (χ1n) is 7.45. The molecule has 1 saturated heterocycles. The number of hydrogen-bond donors (Lipinski definition) is 1. The summed E-state index contributed by atoms with van der Waals surface area (Å²) in [6.07, 6.45) is 2.63. The van der Waals surface area contributed by atoms with E-state index < -0.39 is 0 Å². The number of anilines is 1. The van der Waals surface area contributed by atoms with Crippen molar-refractivity contribution < 1.29 is 4.74 Å². The van der Waals surface area contributed by atoms with Crippen LogP contribution in [0.1, 0.15) is 36.1 Å². The van der Waals surface area contributed by atoms with Crippen molar-refractivity contribution >= 4 is 5.69 Å². The van der Waals surface area contributed by atoms with E-state index >= 15 is 0 Å². The third-order valence-corrected chi connectivity index (χ3v) is 4.53. The maximum Gasteiger partial charge on any atom is 0.0895 e. The topological polar surface area (TPSA) is 21.3 Å². The number of ether oxygens (including phenoxy) is 1. The van der Waals surface area contributed by atoms with Crippen LogP contribution in [0.5, 0.6) is 0 Å². The molecule has 0 amide bonds. The van der Waals surface area contributed by atoms with Crippen LogP contribution in [0.25, 0.3) is 0 Å². The monoisotopic (exact) mass is 265 g/mol. The van der Waals surface area contributed by atoms with Crippen LogP contribution in [0.15, 0.2) is 54.6 Å². The first kappa shape index (κ1) is 12.0. The second-order valence-electron chi connectivity index (χ2n) is 5.72. The molecule has 0 saturated carbocycles. The summed E-state index contributed by atoms with van der Waals surface area (Å²) in [5.41, 5.74) is 3.91. The van der Waals surface area contributed by atoms with Gasteiger partial charge in [0.2, 0.25) is 0 Å². The fourth-order valence-corrected chi connectivity index (χ4v) is 3.61. The van der Waals surface area contributed by atoms with Crippen LogP contribution in [-0.4, -0.2) is 6.61 Å². The van der Waals surface area contributed by atoms with Gasteiger partial charge in [-0.25, -0.2) is 0 Å². The van der Waals surface area contributed by atoms with Crippen molar-refractivity contribution in [2.24, 2.45) is 5.92 Å². The smallest absolute Gasteiger partial charge is 0.0895 e. The summed E-state index contributed by atoms with van der Waals surface area (Å²) in [6, 6.07) is 19.7. The summed E-state index contributed by atoms with van der Waals surface area (Å²) in [5, 5.41) is 3.73. The molecule has 2 aromatic carbocycles. The predicted molar refractivity (Wildman–Crippen MR) is 80.7 cm³/mol. The molecule has 2 heterocycles. The van der Waals surface area contributed by atoms with Crippen LogP contribution in [-0.2, 0) is 4.74 Å². The van der Waals surface area contributed by atoms with E-state index in [1.165, 1.54) is 23.2 Å².